The van der Waals surface area contributed by atoms with E-state index in [4.69, 9.17) is 9.52 Å². The molecule has 9 heteroatoms. The van der Waals surface area contributed by atoms with Gasteiger partial charge in [-0.3, -0.25) is 9.59 Å². The second kappa shape index (κ2) is 8.03. The maximum atomic E-state index is 13.0. The highest BCUT2D eigenvalue weighted by Gasteiger charge is 2.25. The molecule has 1 aliphatic rings. The minimum atomic E-state index is -1.11. The average Bonchev–Trinajstić information content (AvgIpc) is 3.04. The summed E-state index contributed by atoms with van der Waals surface area (Å²) in [5.41, 5.74) is 0.909. The third-order valence-corrected chi connectivity index (χ3v) is 4.24. The summed E-state index contributed by atoms with van der Waals surface area (Å²) in [7, 11) is 0. The maximum absolute atomic E-state index is 13.0. The fourth-order valence-corrected chi connectivity index (χ4v) is 2.76. The number of halogens is 1. The zero-order valence-electron chi connectivity index (χ0n) is 15.1. The van der Waals surface area contributed by atoms with Crippen molar-refractivity contribution in [3.05, 3.63) is 58.8 Å². The van der Waals surface area contributed by atoms with E-state index in [2.05, 4.69) is 10.4 Å². The van der Waals surface area contributed by atoms with Crippen molar-refractivity contribution in [2.75, 3.05) is 0 Å². The highest BCUT2D eigenvalue weighted by Crippen LogP contribution is 2.16. The van der Waals surface area contributed by atoms with Crippen molar-refractivity contribution in [2.45, 2.75) is 32.9 Å². The number of benzene rings is 1. The van der Waals surface area contributed by atoms with E-state index in [0.29, 0.717) is 11.3 Å². The van der Waals surface area contributed by atoms with E-state index >= 15 is 0 Å². The molecule has 1 aromatic heterocycles. The molecule has 0 saturated carbocycles. The van der Waals surface area contributed by atoms with Gasteiger partial charge in [-0.2, -0.15) is 5.10 Å². The molecule has 0 radical (unpaired) electrons. The Hall–Kier alpha value is -3.49. The highest BCUT2D eigenvalue weighted by atomic mass is 19.1. The van der Waals surface area contributed by atoms with Crippen molar-refractivity contribution in [1.29, 1.82) is 0 Å². The van der Waals surface area contributed by atoms with E-state index in [-0.39, 0.29) is 54.7 Å². The van der Waals surface area contributed by atoms with E-state index in [9.17, 15) is 18.8 Å². The SMILES string of the molecule is Cc1oc(CNC(=O)C2=NN(Cc3ccc(F)cc3)C(=O)CC2)cc1C(=O)O. The van der Waals surface area contributed by atoms with Gasteiger partial charge in [0.2, 0.25) is 5.91 Å². The number of hydrogen-bond donors (Lipinski definition) is 2. The van der Waals surface area contributed by atoms with E-state index in [1.54, 1.807) is 12.1 Å². The molecule has 0 atom stereocenters. The Morgan fingerprint density at radius 1 is 1.29 bits per heavy atom. The summed E-state index contributed by atoms with van der Waals surface area (Å²) in [6.45, 7) is 1.66. The molecule has 1 aliphatic heterocycles. The number of hydrogen-bond acceptors (Lipinski definition) is 5. The maximum Gasteiger partial charge on any atom is 0.339 e. The number of nitrogens with zero attached hydrogens (tertiary/aromatic N) is 2. The van der Waals surface area contributed by atoms with Gasteiger partial charge in [-0.25, -0.2) is 14.2 Å². The van der Waals surface area contributed by atoms with Crippen LogP contribution in [0.2, 0.25) is 0 Å². The van der Waals surface area contributed by atoms with Gasteiger partial charge >= 0.3 is 5.97 Å². The Kier molecular flexibility index (Phi) is 5.53. The van der Waals surface area contributed by atoms with E-state index in [0.717, 1.165) is 0 Å². The van der Waals surface area contributed by atoms with Crippen LogP contribution in [-0.4, -0.2) is 33.6 Å². The van der Waals surface area contributed by atoms with Gasteiger partial charge in [0.05, 0.1) is 13.1 Å². The zero-order chi connectivity index (χ0) is 20.3. The van der Waals surface area contributed by atoms with Crippen molar-refractivity contribution >= 4 is 23.5 Å². The topological polar surface area (TPSA) is 112 Å². The lowest BCUT2D eigenvalue weighted by atomic mass is 10.1. The lowest BCUT2D eigenvalue weighted by molar-refractivity contribution is -0.132. The number of rotatable bonds is 6. The Morgan fingerprint density at radius 2 is 2.00 bits per heavy atom. The molecule has 146 valence electrons. The Bertz CT molecular complexity index is 949. The fourth-order valence-electron chi connectivity index (χ4n) is 2.76. The number of carboxylic acid groups (broad SMARTS) is 1. The van der Waals surface area contributed by atoms with Crippen LogP contribution in [0.25, 0.3) is 0 Å². The largest absolute Gasteiger partial charge is 0.478 e. The van der Waals surface area contributed by atoms with Crippen LogP contribution in [0.1, 0.15) is 40.3 Å². The molecule has 2 N–H and O–H groups in total. The molecule has 2 heterocycles. The summed E-state index contributed by atoms with van der Waals surface area (Å²) in [5, 5.41) is 16.9. The number of carboxylic acids is 1. The van der Waals surface area contributed by atoms with Gasteiger partial charge in [0, 0.05) is 12.8 Å². The molecule has 0 bridgehead atoms. The lowest BCUT2D eigenvalue weighted by Gasteiger charge is -2.23. The molecular weight excluding hydrogens is 369 g/mol. The van der Waals surface area contributed by atoms with Crippen LogP contribution in [0.5, 0.6) is 0 Å². The number of nitrogens with one attached hydrogen (secondary N) is 1. The zero-order valence-corrected chi connectivity index (χ0v) is 15.1. The quantitative estimate of drug-likeness (QED) is 0.789. The second-order valence-corrected chi connectivity index (χ2v) is 6.29. The molecule has 2 amide bonds. The second-order valence-electron chi connectivity index (χ2n) is 6.29. The van der Waals surface area contributed by atoms with E-state index in [1.165, 1.54) is 30.1 Å². The standard InChI is InChI=1S/C19H18FN3O5/c1-11-15(19(26)27)8-14(28-11)9-21-18(25)16-6-7-17(24)23(22-16)10-12-2-4-13(20)5-3-12/h2-5,8H,6-7,9-10H2,1H3,(H,21,25)(H,26,27). The summed E-state index contributed by atoms with van der Waals surface area (Å²) in [6.07, 6.45) is 0.332. The summed E-state index contributed by atoms with van der Waals surface area (Å²) >= 11 is 0. The Morgan fingerprint density at radius 3 is 2.64 bits per heavy atom. The molecule has 0 spiro atoms. The van der Waals surface area contributed by atoms with Crippen LogP contribution >= 0.6 is 0 Å². The first-order chi connectivity index (χ1) is 13.3. The first-order valence-corrected chi connectivity index (χ1v) is 8.56. The predicted molar refractivity (Wildman–Crippen MR) is 95.9 cm³/mol. The van der Waals surface area contributed by atoms with E-state index in [1.807, 2.05) is 0 Å². The molecule has 2 aromatic rings. The van der Waals surface area contributed by atoms with Crippen LogP contribution in [0.4, 0.5) is 4.39 Å². The molecule has 3 rings (SSSR count). The number of furan rings is 1. The monoisotopic (exact) mass is 387 g/mol. The molecule has 0 saturated heterocycles. The fraction of sp³-hybridized carbons (Fsp3) is 0.263. The number of carbonyl (C=O) groups is 3. The van der Waals surface area contributed by atoms with Crippen molar-refractivity contribution in [2.24, 2.45) is 5.10 Å². The first kappa shape index (κ1) is 19.3. The summed E-state index contributed by atoms with van der Waals surface area (Å²) < 4.78 is 18.3. The van der Waals surface area contributed by atoms with Gasteiger partial charge in [-0.15, -0.1) is 0 Å². The molecular formula is C19H18FN3O5. The van der Waals surface area contributed by atoms with E-state index < -0.39 is 11.9 Å². The average molecular weight is 387 g/mol. The third kappa shape index (κ3) is 4.43. The Labute approximate surface area is 159 Å². The molecule has 0 aliphatic carbocycles. The molecule has 28 heavy (non-hydrogen) atoms. The third-order valence-electron chi connectivity index (χ3n) is 4.24. The Balaban J connectivity index is 1.65. The number of amides is 2. The number of carbonyl (C=O) groups excluding carboxylic acids is 2. The first-order valence-electron chi connectivity index (χ1n) is 8.56. The van der Waals surface area contributed by atoms with Gasteiger partial charge in [-0.1, -0.05) is 12.1 Å². The smallest absolute Gasteiger partial charge is 0.339 e. The number of aryl methyl sites for hydroxylation is 1. The van der Waals surface area contributed by atoms with Gasteiger partial charge in [0.15, 0.2) is 0 Å². The minimum absolute atomic E-state index is 0.00210. The van der Waals surface area contributed by atoms with Gasteiger partial charge in [0.25, 0.3) is 5.91 Å². The summed E-state index contributed by atoms with van der Waals surface area (Å²) in [6, 6.07) is 7.03. The molecule has 8 nitrogen and oxygen atoms in total. The lowest BCUT2D eigenvalue weighted by Crippen LogP contribution is -2.38. The van der Waals surface area contributed by atoms with Gasteiger partial charge < -0.3 is 14.8 Å². The minimum Gasteiger partial charge on any atom is -0.478 e. The van der Waals surface area contributed by atoms with Gasteiger partial charge in [0.1, 0.15) is 28.6 Å². The van der Waals surface area contributed by atoms with Crippen molar-refractivity contribution in [3.8, 4) is 0 Å². The highest BCUT2D eigenvalue weighted by molar-refractivity contribution is 6.39. The number of hydrazone groups is 1. The molecule has 0 fully saturated rings. The number of aromatic carboxylic acids is 1. The molecule has 1 aromatic carbocycles. The van der Waals surface area contributed by atoms with Crippen molar-refractivity contribution in [3.63, 3.8) is 0 Å². The summed E-state index contributed by atoms with van der Waals surface area (Å²) in [4.78, 5) is 35.4. The molecule has 0 unspecified atom stereocenters. The predicted octanol–water partition coefficient (Wildman–Crippen LogP) is 2.22. The van der Waals surface area contributed by atoms with Crippen molar-refractivity contribution < 1.29 is 28.3 Å². The van der Waals surface area contributed by atoms with Crippen LogP contribution in [0.15, 0.2) is 39.9 Å². The van der Waals surface area contributed by atoms with Crippen LogP contribution in [0.3, 0.4) is 0 Å². The van der Waals surface area contributed by atoms with Crippen LogP contribution in [0, 0.1) is 12.7 Å². The van der Waals surface area contributed by atoms with Crippen LogP contribution < -0.4 is 5.32 Å². The normalized spacial score (nSPS) is 14.0. The van der Waals surface area contributed by atoms with Crippen LogP contribution in [-0.2, 0) is 22.7 Å². The summed E-state index contributed by atoms with van der Waals surface area (Å²) in [5.74, 6) is -1.63. The van der Waals surface area contributed by atoms with Gasteiger partial charge in [-0.05, 0) is 30.7 Å². The van der Waals surface area contributed by atoms with Crippen molar-refractivity contribution in [1.82, 2.24) is 10.3 Å².